The Morgan fingerprint density at radius 2 is 2.15 bits per heavy atom. The quantitative estimate of drug-likeness (QED) is 0.779. The van der Waals surface area contributed by atoms with Crippen molar-refractivity contribution in [3.63, 3.8) is 0 Å². The fourth-order valence-electron chi connectivity index (χ4n) is 2.43. The summed E-state index contributed by atoms with van der Waals surface area (Å²) in [6.07, 6.45) is 6.11. The number of aliphatic imine (C=N–C) groups is 1. The van der Waals surface area contributed by atoms with Crippen LogP contribution in [0.2, 0.25) is 0 Å². The highest BCUT2D eigenvalue weighted by Gasteiger charge is 2.17. The van der Waals surface area contributed by atoms with Gasteiger partial charge in [-0.1, -0.05) is 0 Å². The lowest BCUT2D eigenvalue weighted by Gasteiger charge is -2.04. The highest BCUT2D eigenvalue weighted by molar-refractivity contribution is 6.01. The molecule has 2 aromatic rings. The Kier molecular flexibility index (Phi) is 3.52. The summed E-state index contributed by atoms with van der Waals surface area (Å²) in [6, 6.07) is 5.29. The Labute approximate surface area is 117 Å². The SMILES string of the molecule is CN1CCC(C=NC(=O)c2ccc3nccnc3c2)C1. The number of hydrogen-bond acceptors (Lipinski definition) is 4. The second-order valence-electron chi connectivity index (χ2n) is 5.15. The van der Waals surface area contributed by atoms with Crippen molar-refractivity contribution in [2.75, 3.05) is 20.1 Å². The lowest BCUT2D eigenvalue weighted by Crippen LogP contribution is -2.14. The van der Waals surface area contributed by atoms with E-state index >= 15 is 0 Å². The third-order valence-electron chi connectivity index (χ3n) is 3.55. The predicted octanol–water partition coefficient (Wildman–Crippen LogP) is 1.79. The summed E-state index contributed by atoms with van der Waals surface area (Å²) in [4.78, 5) is 26.8. The largest absolute Gasteiger partial charge is 0.306 e. The van der Waals surface area contributed by atoms with Crippen LogP contribution < -0.4 is 0 Å². The van der Waals surface area contributed by atoms with E-state index in [0.717, 1.165) is 25.0 Å². The van der Waals surface area contributed by atoms with E-state index in [1.54, 1.807) is 36.8 Å². The molecule has 3 rings (SSSR count). The van der Waals surface area contributed by atoms with Crippen molar-refractivity contribution < 1.29 is 4.79 Å². The van der Waals surface area contributed by atoms with E-state index in [9.17, 15) is 4.79 Å². The van der Waals surface area contributed by atoms with Gasteiger partial charge in [-0.05, 0) is 38.2 Å². The molecule has 1 aliphatic rings. The number of benzene rings is 1. The molecule has 1 aliphatic heterocycles. The summed E-state index contributed by atoms with van der Waals surface area (Å²) in [5.41, 5.74) is 2.06. The molecule has 0 saturated carbocycles. The number of hydrogen-bond donors (Lipinski definition) is 0. The maximum atomic E-state index is 12.1. The molecular weight excluding hydrogens is 252 g/mol. The van der Waals surface area contributed by atoms with E-state index in [0.29, 0.717) is 17.0 Å². The Bertz CT molecular complexity index is 668. The molecule has 1 amide bonds. The summed E-state index contributed by atoms with van der Waals surface area (Å²) in [5.74, 6) is 0.163. The van der Waals surface area contributed by atoms with Gasteiger partial charge in [0.15, 0.2) is 0 Å². The second-order valence-corrected chi connectivity index (χ2v) is 5.15. The lowest BCUT2D eigenvalue weighted by molar-refractivity contribution is 0.100. The average Bonchev–Trinajstić information content (AvgIpc) is 2.90. The van der Waals surface area contributed by atoms with Crippen molar-refractivity contribution in [2.45, 2.75) is 6.42 Å². The smallest absolute Gasteiger partial charge is 0.276 e. The zero-order chi connectivity index (χ0) is 13.9. The van der Waals surface area contributed by atoms with E-state index in [4.69, 9.17) is 0 Å². The van der Waals surface area contributed by atoms with Gasteiger partial charge in [-0.3, -0.25) is 14.8 Å². The van der Waals surface area contributed by atoms with Gasteiger partial charge < -0.3 is 4.90 Å². The number of fused-ring (bicyclic) bond motifs is 1. The first-order chi connectivity index (χ1) is 9.72. The Hall–Kier alpha value is -2.14. The molecule has 0 aliphatic carbocycles. The molecule has 1 aromatic heterocycles. The Morgan fingerprint density at radius 3 is 2.90 bits per heavy atom. The fraction of sp³-hybridized carbons (Fsp3) is 0.333. The van der Waals surface area contributed by atoms with Crippen LogP contribution in [0.15, 0.2) is 35.6 Å². The van der Waals surface area contributed by atoms with Gasteiger partial charge in [0.1, 0.15) is 0 Å². The van der Waals surface area contributed by atoms with Crippen molar-refractivity contribution >= 4 is 23.2 Å². The minimum Gasteiger partial charge on any atom is -0.306 e. The highest BCUT2D eigenvalue weighted by atomic mass is 16.1. The first-order valence-electron chi connectivity index (χ1n) is 6.70. The molecule has 102 valence electrons. The molecule has 1 unspecified atom stereocenters. The molecule has 0 radical (unpaired) electrons. The third kappa shape index (κ3) is 2.72. The van der Waals surface area contributed by atoms with Gasteiger partial charge in [-0.25, -0.2) is 4.99 Å². The maximum Gasteiger partial charge on any atom is 0.276 e. The fourth-order valence-corrected chi connectivity index (χ4v) is 2.43. The van der Waals surface area contributed by atoms with Crippen molar-refractivity contribution in [3.05, 3.63) is 36.2 Å². The molecule has 0 bridgehead atoms. The van der Waals surface area contributed by atoms with Gasteiger partial charge >= 0.3 is 0 Å². The number of rotatable bonds is 2. The zero-order valence-electron chi connectivity index (χ0n) is 11.4. The zero-order valence-corrected chi connectivity index (χ0v) is 11.4. The summed E-state index contributed by atoms with van der Waals surface area (Å²) >= 11 is 0. The van der Waals surface area contributed by atoms with Gasteiger partial charge in [-0.15, -0.1) is 0 Å². The normalized spacial score (nSPS) is 19.9. The standard InChI is InChI=1S/C15H16N4O/c1-19-7-4-11(10-19)9-18-15(20)12-2-3-13-14(8-12)17-6-5-16-13/h2-3,5-6,8-9,11H,4,7,10H2,1H3. The molecule has 5 heteroatoms. The van der Waals surface area contributed by atoms with E-state index < -0.39 is 0 Å². The van der Waals surface area contributed by atoms with Crippen LogP contribution in [0.3, 0.4) is 0 Å². The van der Waals surface area contributed by atoms with E-state index in [1.807, 2.05) is 0 Å². The molecule has 5 nitrogen and oxygen atoms in total. The maximum absolute atomic E-state index is 12.1. The summed E-state index contributed by atoms with van der Waals surface area (Å²) in [6.45, 7) is 2.04. The topological polar surface area (TPSA) is 58.5 Å². The van der Waals surface area contributed by atoms with E-state index in [2.05, 4.69) is 26.9 Å². The van der Waals surface area contributed by atoms with Crippen LogP contribution in [0, 0.1) is 5.92 Å². The van der Waals surface area contributed by atoms with Crippen LogP contribution in [-0.4, -0.2) is 47.1 Å². The second kappa shape index (κ2) is 5.46. The van der Waals surface area contributed by atoms with Crippen LogP contribution >= 0.6 is 0 Å². The predicted molar refractivity (Wildman–Crippen MR) is 78.0 cm³/mol. The third-order valence-corrected chi connectivity index (χ3v) is 3.55. The number of aromatic nitrogens is 2. The Balaban J connectivity index is 1.76. The van der Waals surface area contributed by atoms with Crippen LogP contribution in [0.25, 0.3) is 11.0 Å². The number of carbonyl (C=O) groups excluding carboxylic acids is 1. The monoisotopic (exact) mass is 268 g/mol. The highest BCUT2D eigenvalue weighted by Crippen LogP contribution is 2.14. The van der Waals surface area contributed by atoms with Crippen LogP contribution in [0.5, 0.6) is 0 Å². The minimum atomic E-state index is -0.216. The van der Waals surface area contributed by atoms with E-state index in [1.165, 1.54) is 0 Å². The van der Waals surface area contributed by atoms with Crippen molar-refractivity contribution in [1.29, 1.82) is 0 Å². The van der Waals surface area contributed by atoms with Crippen LogP contribution in [0.4, 0.5) is 0 Å². The van der Waals surface area contributed by atoms with Crippen LogP contribution in [0.1, 0.15) is 16.8 Å². The van der Waals surface area contributed by atoms with Gasteiger partial charge in [0.2, 0.25) is 0 Å². The molecule has 1 fully saturated rings. The summed E-state index contributed by atoms with van der Waals surface area (Å²) < 4.78 is 0. The Morgan fingerprint density at radius 1 is 1.35 bits per heavy atom. The minimum absolute atomic E-state index is 0.216. The molecule has 1 atom stereocenters. The van der Waals surface area contributed by atoms with Gasteiger partial charge in [-0.2, -0.15) is 0 Å². The molecule has 2 heterocycles. The number of amides is 1. The van der Waals surface area contributed by atoms with Crippen molar-refractivity contribution in [3.8, 4) is 0 Å². The summed E-state index contributed by atoms with van der Waals surface area (Å²) in [7, 11) is 2.08. The number of carbonyl (C=O) groups is 1. The van der Waals surface area contributed by atoms with Crippen LogP contribution in [-0.2, 0) is 0 Å². The first-order valence-corrected chi connectivity index (χ1v) is 6.70. The van der Waals surface area contributed by atoms with E-state index in [-0.39, 0.29) is 5.91 Å². The molecule has 0 spiro atoms. The van der Waals surface area contributed by atoms with Gasteiger partial charge in [0, 0.05) is 36.6 Å². The molecule has 1 saturated heterocycles. The van der Waals surface area contributed by atoms with Gasteiger partial charge in [0.25, 0.3) is 5.91 Å². The summed E-state index contributed by atoms with van der Waals surface area (Å²) in [5, 5.41) is 0. The van der Waals surface area contributed by atoms with Crippen molar-refractivity contribution in [1.82, 2.24) is 14.9 Å². The molecule has 0 N–H and O–H groups in total. The average molecular weight is 268 g/mol. The lowest BCUT2D eigenvalue weighted by atomic mass is 10.1. The first kappa shape index (κ1) is 12.9. The van der Waals surface area contributed by atoms with Crippen molar-refractivity contribution in [2.24, 2.45) is 10.9 Å². The molecule has 1 aromatic carbocycles. The molecular formula is C15H16N4O. The number of nitrogens with zero attached hydrogens (tertiary/aromatic N) is 4. The van der Waals surface area contributed by atoms with Gasteiger partial charge in [0.05, 0.1) is 11.0 Å². The molecule has 20 heavy (non-hydrogen) atoms. The number of likely N-dealkylation sites (tertiary alicyclic amines) is 1.